The molecule has 0 fully saturated rings. The van der Waals surface area contributed by atoms with Crippen molar-refractivity contribution in [2.75, 3.05) is 9.80 Å². The molecular formula is C60H45F2N4OPt-3. The van der Waals surface area contributed by atoms with Gasteiger partial charge in [0.1, 0.15) is 17.5 Å². The van der Waals surface area contributed by atoms with Gasteiger partial charge in [0.2, 0.25) is 0 Å². The van der Waals surface area contributed by atoms with Crippen LogP contribution in [0.25, 0.3) is 61.0 Å². The fraction of sp³-hybridized carbons (Fsp3) is 0.100. The van der Waals surface area contributed by atoms with Gasteiger partial charge in [-0.05, 0) is 113 Å². The maximum Gasteiger partial charge on any atom is 0.135 e. The summed E-state index contributed by atoms with van der Waals surface area (Å²) in [5, 5.41) is 2.15. The molecule has 0 saturated carbocycles. The third-order valence-corrected chi connectivity index (χ3v) is 12.7. The number of ether oxygens (including phenoxy) is 1. The molecule has 68 heavy (non-hydrogen) atoms. The van der Waals surface area contributed by atoms with Gasteiger partial charge in [-0.1, -0.05) is 117 Å². The monoisotopic (exact) mass is 1070 g/mol. The Morgan fingerprint density at radius 2 is 1.19 bits per heavy atom. The van der Waals surface area contributed by atoms with Crippen LogP contribution in [0.15, 0.2) is 176 Å². The topological polar surface area (TPSA) is 33.5 Å². The van der Waals surface area contributed by atoms with Crippen molar-refractivity contribution in [3.05, 3.63) is 223 Å². The summed E-state index contributed by atoms with van der Waals surface area (Å²) in [5.74, 6) is 1.24. The van der Waals surface area contributed by atoms with Crippen LogP contribution in [-0.2, 0) is 26.5 Å². The van der Waals surface area contributed by atoms with Crippen LogP contribution >= 0.6 is 0 Å². The van der Waals surface area contributed by atoms with Crippen molar-refractivity contribution >= 4 is 44.6 Å². The number of nitrogens with zero attached hydrogens (tertiary/aromatic N) is 4. The molecule has 338 valence electrons. The van der Waals surface area contributed by atoms with E-state index in [-0.39, 0.29) is 38.1 Å². The number of para-hydroxylation sites is 4. The van der Waals surface area contributed by atoms with E-state index in [0.717, 1.165) is 94.9 Å². The zero-order valence-corrected chi connectivity index (χ0v) is 40.4. The maximum atomic E-state index is 14.4. The van der Waals surface area contributed by atoms with Crippen LogP contribution in [0.1, 0.15) is 37.5 Å². The standard InChI is InChI=1S/C60H45F2N4O.Pt/c1-38-12-10-13-39(2)58(38)42-32-46(35-48(33-42)67-47-28-29-52-51-14-6-7-17-53(51)66(56(52)36-47)57-34-43(30-31-63-57)60(3,4)5)64-37-65(55-19-9-8-18-54(55)64)59-49(40-20-24-44(61)25-21-40)15-11-16-50(59)41-22-26-45(62)27-23-41;/h6-34,37H,1-5H3;/q-3;. The normalized spacial score (nSPS) is 12.4. The molecule has 0 bridgehead atoms. The van der Waals surface area contributed by atoms with Gasteiger partial charge in [0.05, 0.1) is 0 Å². The Morgan fingerprint density at radius 1 is 0.574 bits per heavy atom. The number of rotatable bonds is 8. The predicted octanol–water partition coefficient (Wildman–Crippen LogP) is 16.2. The van der Waals surface area contributed by atoms with Gasteiger partial charge in [-0.15, -0.1) is 53.6 Å². The molecule has 0 unspecified atom stereocenters. The van der Waals surface area contributed by atoms with Gasteiger partial charge in [-0.25, -0.2) is 13.8 Å². The van der Waals surface area contributed by atoms with Gasteiger partial charge >= 0.3 is 0 Å². The zero-order valence-electron chi connectivity index (χ0n) is 38.1. The van der Waals surface area contributed by atoms with Crippen LogP contribution in [0.4, 0.5) is 31.5 Å². The summed E-state index contributed by atoms with van der Waals surface area (Å²) in [6, 6.07) is 61.9. The fourth-order valence-corrected chi connectivity index (χ4v) is 9.43. The van der Waals surface area contributed by atoms with E-state index in [0.29, 0.717) is 11.5 Å². The van der Waals surface area contributed by atoms with E-state index in [1.165, 1.54) is 29.8 Å². The molecule has 0 spiro atoms. The molecule has 0 atom stereocenters. The molecule has 8 heteroatoms. The molecule has 0 amide bonds. The predicted molar refractivity (Wildman–Crippen MR) is 269 cm³/mol. The first-order chi connectivity index (χ1) is 32.5. The van der Waals surface area contributed by atoms with E-state index in [2.05, 4.69) is 153 Å². The van der Waals surface area contributed by atoms with Gasteiger partial charge in [0.25, 0.3) is 0 Å². The first-order valence-electron chi connectivity index (χ1n) is 22.4. The Kier molecular flexibility index (Phi) is 11.6. The third kappa shape index (κ3) is 8.05. The molecule has 0 saturated heterocycles. The Balaban J connectivity index is 0.00000539. The second-order valence-electron chi connectivity index (χ2n) is 18.1. The van der Waals surface area contributed by atoms with Gasteiger partial charge in [-0.2, -0.15) is 6.07 Å². The zero-order chi connectivity index (χ0) is 46.0. The summed E-state index contributed by atoms with van der Waals surface area (Å²) in [6.07, 6.45) is 1.88. The Hall–Kier alpha value is -7.34. The minimum atomic E-state index is -0.315. The smallest absolute Gasteiger partial charge is 0.135 e. The van der Waals surface area contributed by atoms with Crippen molar-refractivity contribution in [1.29, 1.82) is 0 Å². The van der Waals surface area contributed by atoms with Gasteiger partial charge in [0, 0.05) is 72.5 Å². The summed E-state index contributed by atoms with van der Waals surface area (Å²) < 4.78 is 37.8. The molecule has 0 N–H and O–H groups in total. The van der Waals surface area contributed by atoms with Gasteiger partial charge < -0.3 is 19.1 Å². The molecule has 3 heterocycles. The van der Waals surface area contributed by atoms with Crippen LogP contribution < -0.4 is 14.5 Å². The molecule has 11 rings (SSSR count). The molecule has 0 radical (unpaired) electrons. The molecule has 1 aliphatic rings. The quantitative estimate of drug-likeness (QED) is 0.142. The van der Waals surface area contributed by atoms with E-state index < -0.39 is 0 Å². The molecule has 1 aliphatic heterocycles. The molecule has 0 aliphatic carbocycles. The first kappa shape index (κ1) is 44.5. The van der Waals surface area contributed by atoms with Crippen molar-refractivity contribution in [2.24, 2.45) is 0 Å². The Bertz CT molecular complexity index is 3440. The number of aromatic nitrogens is 2. The van der Waals surface area contributed by atoms with E-state index >= 15 is 0 Å². The van der Waals surface area contributed by atoms with Crippen LogP contribution in [0, 0.1) is 44.3 Å². The molecule has 5 nitrogen and oxygen atoms in total. The largest absolute Gasteiger partial charge is 0.509 e. The average Bonchev–Trinajstić information content (AvgIpc) is 3.87. The summed E-state index contributed by atoms with van der Waals surface area (Å²) in [4.78, 5) is 9.17. The first-order valence-corrected chi connectivity index (χ1v) is 22.4. The van der Waals surface area contributed by atoms with E-state index in [1.807, 2.05) is 42.6 Å². The van der Waals surface area contributed by atoms with E-state index in [4.69, 9.17) is 9.72 Å². The maximum absolute atomic E-state index is 14.4. The molecule has 10 aromatic rings. The van der Waals surface area contributed by atoms with Crippen molar-refractivity contribution in [1.82, 2.24) is 9.55 Å². The number of benzene rings is 8. The number of pyridine rings is 1. The minimum Gasteiger partial charge on any atom is -0.509 e. The molecule has 2 aromatic heterocycles. The van der Waals surface area contributed by atoms with Gasteiger partial charge in [-0.3, -0.25) is 0 Å². The number of halogens is 2. The SMILES string of the molecule is Cc1cccc(C)c1-c1cc(Oc2[c-]c3c(cc2)c2ccccc2n3-c2cc(C(C)(C)C)ccn2)[c-]c(N2[CH-]N(c3c(-c4ccc(F)cc4)cccc3-c3ccc(F)cc3)c3ccccc32)c1.[Pt]. The van der Waals surface area contributed by atoms with Crippen molar-refractivity contribution in [2.45, 2.75) is 40.0 Å². The third-order valence-electron chi connectivity index (χ3n) is 12.7. The van der Waals surface area contributed by atoms with Crippen LogP contribution in [0.5, 0.6) is 11.5 Å². The van der Waals surface area contributed by atoms with Crippen molar-refractivity contribution < 1.29 is 34.6 Å². The van der Waals surface area contributed by atoms with Gasteiger partial charge in [0.15, 0.2) is 0 Å². The van der Waals surface area contributed by atoms with Crippen molar-refractivity contribution in [3.8, 4) is 50.7 Å². The summed E-state index contributed by atoms with van der Waals surface area (Å²) in [7, 11) is 0. The number of anilines is 4. The Morgan fingerprint density at radius 3 is 1.85 bits per heavy atom. The Labute approximate surface area is 410 Å². The number of hydrogen-bond acceptors (Lipinski definition) is 4. The number of hydrogen-bond donors (Lipinski definition) is 0. The fourth-order valence-electron chi connectivity index (χ4n) is 9.43. The minimum absolute atomic E-state index is 0. The number of aryl methyl sites for hydroxylation is 2. The second-order valence-corrected chi connectivity index (χ2v) is 18.1. The number of fused-ring (bicyclic) bond motifs is 4. The van der Waals surface area contributed by atoms with E-state index in [1.54, 1.807) is 24.3 Å². The summed E-state index contributed by atoms with van der Waals surface area (Å²) >= 11 is 0. The van der Waals surface area contributed by atoms with Crippen LogP contribution in [0.3, 0.4) is 0 Å². The van der Waals surface area contributed by atoms with E-state index in [9.17, 15) is 8.78 Å². The second kappa shape index (κ2) is 17.7. The summed E-state index contributed by atoms with van der Waals surface area (Å²) in [5.41, 5.74) is 14.3. The summed E-state index contributed by atoms with van der Waals surface area (Å²) in [6.45, 7) is 13.0. The van der Waals surface area contributed by atoms with Crippen molar-refractivity contribution in [3.63, 3.8) is 0 Å². The van der Waals surface area contributed by atoms with Crippen LogP contribution in [0.2, 0.25) is 0 Å². The van der Waals surface area contributed by atoms with Crippen LogP contribution in [-0.4, -0.2) is 9.55 Å². The molecule has 8 aromatic carbocycles. The molecular weight excluding hydrogens is 1030 g/mol. The average molecular weight is 1070 g/mol.